The Morgan fingerprint density at radius 2 is 2.12 bits per heavy atom. The summed E-state index contributed by atoms with van der Waals surface area (Å²) in [6, 6.07) is 7.09. The minimum absolute atomic E-state index is 0.259. The maximum absolute atomic E-state index is 11.4. The largest absolute Gasteiger partial charge is 0.393 e. The van der Waals surface area contributed by atoms with Crippen molar-refractivity contribution in [2.75, 3.05) is 6.54 Å². The molecule has 0 aromatic heterocycles. The molecule has 94 valence electrons. The molecule has 0 spiro atoms. The van der Waals surface area contributed by atoms with E-state index < -0.39 is 6.10 Å². The van der Waals surface area contributed by atoms with E-state index in [1.807, 2.05) is 18.2 Å². The van der Waals surface area contributed by atoms with Crippen LogP contribution in [0.15, 0.2) is 24.3 Å². The maximum Gasteiger partial charge on any atom is 0.315 e. The predicted molar refractivity (Wildman–Crippen MR) is 68.0 cm³/mol. The van der Waals surface area contributed by atoms with Gasteiger partial charge in [0.05, 0.1) is 6.10 Å². The molecule has 1 aromatic carbocycles. The third-order valence-corrected chi connectivity index (χ3v) is 2.61. The number of rotatable bonds is 5. The summed E-state index contributed by atoms with van der Waals surface area (Å²) < 4.78 is 0. The third-order valence-electron chi connectivity index (χ3n) is 2.24. The van der Waals surface area contributed by atoms with E-state index in [0.717, 1.165) is 5.56 Å². The Hall–Kier alpha value is -1.26. The quantitative estimate of drug-likeness (QED) is 0.754. The molecule has 2 amide bonds. The van der Waals surface area contributed by atoms with E-state index in [0.29, 0.717) is 24.5 Å². The molecule has 3 N–H and O–H groups in total. The lowest BCUT2D eigenvalue weighted by Gasteiger charge is -2.09. The van der Waals surface area contributed by atoms with Gasteiger partial charge in [0.15, 0.2) is 0 Å². The second kappa shape index (κ2) is 7.14. The third kappa shape index (κ3) is 5.56. The lowest BCUT2D eigenvalue weighted by molar-refractivity contribution is 0.183. The van der Waals surface area contributed by atoms with E-state index in [9.17, 15) is 4.79 Å². The average Bonchev–Trinajstić information content (AvgIpc) is 2.27. The van der Waals surface area contributed by atoms with Crippen LogP contribution >= 0.6 is 11.6 Å². The van der Waals surface area contributed by atoms with Crippen LogP contribution in [0.3, 0.4) is 0 Å². The lowest BCUT2D eigenvalue weighted by atomic mass is 10.2. The predicted octanol–water partition coefficient (Wildman–Crippen LogP) is 1.91. The number of nitrogens with one attached hydrogen (secondary N) is 2. The zero-order chi connectivity index (χ0) is 12.7. The molecule has 0 aliphatic heterocycles. The highest BCUT2D eigenvalue weighted by Crippen LogP contribution is 2.13. The van der Waals surface area contributed by atoms with Crippen molar-refractivity contribution in [2.45, 2.75) is 26.0 Å². The van der Waals surface area contributed by atoms with Gasteiger partial charge in [0.25, 0.3) is 0 Å². The molecule has 0 radical (unpaired) electrons. The summed E-state index contributed by atoms with van der Waals surface area (Å²) >= 11 is 5.95. The van der Waals surface area contributed by atoms with Gasteiger partial charge >= 0.3 is 6.03 Å². The van der Waals surface area contributed by atoms with Gasteiger partial charge in [0, 0.05) is 18.1 Å². The summed E-state index contributed by atoms with van der Waals surface area (Å²) in [5.74, 6) is 0. The number of aliphatic hydroxyl groups excluding tert-OH is 1. The molecule has 0 bridgehead atoms. The first kappa shape index (κ1) is 13.8. The fraction of sp³-hybridized carbons (Fsp3) is 0.417. The van der Waals surface area contributed by atoms with Gasteiger partial charge in [-0.2, -0.15) is 0 Å². The fourth-order valence-corrected chi connectivity index (χ4v) is 1.48. The maximum atomic E-state index is 11.4. The van der Waals surface area contributed by atoms with Gasteiger partial charge in [0.2, 0.25) is 0 Å². The highest BCUT2D eigenvalue weighted by molar-refractivity contribution is 6.31. The van der Waals surface area contributed by atoms with Crippen molar-refractivity contribution in [1.82, 2.24) is 10.6 Å². The van der Waals surface area contributed by atoms with E-state index in [2.05, 4.69) is 10.6 Å². The summed E-state index contributed by atoms with van der Waals surface area (Å²) in [6.45, 7) is 2.52. The van der Waals surface area contributed by atoms with Crippen molar-refractivity contribution in [3.05, 3.63) is 34.9 Å². The van der Waals surface area contributed by atoms with Crippen molar-refractivity contribution in [1.29, 1.82) is 0 Å². The Morgan fingerprint density at radius 1 is 1.41 bits per heavy atom. The minimum atomic E-state index is -0.404. The average molecular weight is 257 g/mol. The number of carbonyl (C=O) groups is 1. The summed E-state index contributed by atoms with van der Waals surface area (Å²) in [4.78, 5) is 11.4. The summed E-state index contributed by atoms with van der Waals surface area (Å²) in [5.41, 5.74) is 0.875. The van der Waals surface area contributed by atoms with Crippen molar-refractivity contribution in [3.8, 4) is 0 Å². The number of aliphatic hydroxyl groups is 1. The smallest absolute Gasteiger partial charge is 0.315 e. The van der Waals surface area contributed by atoms with Gasteiger partial charge < -0.3 is 15.7 Å². The molecule has 5 heteroatoms. The first-order valence-corrected chi connectivity index (χ1v) is 5.90. The van der Waals surface area contributed by atoms with E-state index in [-0.39, 0.29) is 6.03 Å². The minimum Gasteiger partial charge on any atom is -0.393 e. The van der Waals surface area contributed by atoms with E-state index in [1.165, 1.54) is 0 Å². The summed E-state index contributed by atoms with van der Waals surface area (Å²) in [6.07, 6.45) is 0.137. The summed E-state index contributed by atoms with van der Waals surface area (Å²) in [5, 5.41) is 15.0. The van der Waals surface area contributed by atoms with Crippen LogP contribution in [0.1, 0.15) is 18.9 Å². The second-order valence-electron chi connectivity index (χ2n) is 3.84. The molecule has 4 nitrogen and oxygen atoms in total. The van der Waals surface area contributed by atoms with E-state index >= 15 is 0 Å². The van der Waals surface area contributed by atoms with Gasteiger partial charge in [-0.1, -0.05) is 29.8 Å². The van der Waals surface area contributed by atoms with Gasteiger partial charge in [-0.3, -0.25) is 0 Å². The molecule has 1 rings (SSSR count). The number of carbonyl (C=O) groups excluding carboxylic acids is 1. The molecule has 0 saturated heterocycles. The van der Waals surface area contributed by atoms with Gasteiger partial charge in [-0.15, -0.1) is 0 Å². The Labute approximate surface area is 106 Å². The molecule has 1 unspecified atom stereocenters. The number of urea groups is 1. The fourth-order valence-electron chi connectivity index (χ4n) is 1.27. The van der Waals surface area contributed by atoms with E-state index in [1.54, 1.807) is 13.0 Å². The molecule has 1 atom stereocenters. The van der Waals surface area contributed by atoms with Crippen LogP contribution in [0, 0.1) is 0 Å². The SMILES string of the molecule is CC(O)CCNC(=O)NCc1ccccc1Cl. The van der Waals surface area contributed by atoms with Crippen molar-refractivity contribution < 1.29 is 9.90 Å². The standard InChI is InChI=1S/C12H17ClN2O2/c1-9(16)6-7-14-12(17)15-8-10-4-2-3-5-11(10)13/h2-5,9,16H,6-8H2,1H3,(H2,14,15,17). The zero-order valence-corrected chi connectivity index (χ0v) is 10.5. The number of hydrogen-bond acceptors (Lipinski definition) is 2. The molecular weight excluding hydrogens is 240 g/mol. The molecule has 0 fully saturated rings. The Balaban J connectivity index is 2.26. The zero-order valence-electron chi connectivity index (χ0n) is 9.74. The van der Waals surface area contributed by atoms with Gasteiger partial charge in [0.1, 0.15) is 0 Å². The van der Waals surface area contributed by atoms with E-state index in [4.69, 9.17) is 16.7 Å². The monoisotopic (exact) mass is 256 g/mol. The Morgan fingerprint density at radius 3 is 2.76 bits per heavy atom. The van der Waals surface area contributed by atoms with Crippen molar-refractivity contribution in [3.63, 3.8) is 0 Å². The number of halogens is 1. The van der Waals surface area contributed by atoms with Crippen molar-refractivity contribution in [2.24, 2.45) is 0 Å². The molecular formula is C12H17ClN2O2. The topological polar surface area (TPSA) is 61.4 Å². The number of benzene rings is 1. The van der Waals surface area contributed by atoms with Gasteiger partial charge in [-0.25, -0.2) is 4.79 Å². The van der Waals surface area contributed by atoms with Crippen LogP contribution in [0.2, 0.25) is 5.02 Å². The van der Waals surface area contributed by atoms with Crippen LogP contribution in [-0.4, -0.2) is 23.8 Å². The van der Waals surface area contributed by atoms with Crippen LogP contribution < -0.4 is 10.6 Å². The first-order valence-electron chi connectivity index (χ1n) is 5.52. The van der Waals surface area contributed by atoms with Crippen molar-refractivity contribution >= 4 is 17.6 Å². The van der Waals surface area contributed by atoms with Crippen LogP contribution in [0.5, 0.6) is 0 Å². The van der Waals surface area contributed by atoms with Crippen LogP contribution in [0.25, 0.3) is 0 Å². The van der Waals surface area contributed by atoms with Crippen LogP contribution in [0.4, 0.5) is 4.79 Å². The Kier molecular flexibility index (Phi) is 5.80. The highest BCUT2D eigenvalue weighted by atomic mass is 35.5. The summed E-state index contributed by atoms with van der Waals surface area (Å²) in [7, 11) is 0. The normalized spacial score (nSPS) is 11.9. The molecule has 17 heavy (non-hydrogen) atoms. The highest BCUT2D eigenvalue weighted by Gasteiger charge is 2.03. The number of amides is 2. The first-order chi connectivity index (χ1) is 8.09. The molecule has 0 aliphatic rings. The molecule has 0 heterocycles. The number of hydrogen-bond donors (Lipinski definition) is 3. The van der Waals surface area contributed by atoms with Crippen LogP contribution in [-0.2, 0) is 6.54 Å². The molecule has 1 aromatic rings. The van der Waals surface area contributed by atoms with Gasteiger partial charge in [-0.05, 0) is 25.0 Å². The molecule has 0 aliphatic carbocycles. The lowest BCUT2D eigenvalue weighted by Crippen LogP contribution is -2.36. The Bertz CT molecular complexity index is 369. The second-order valence-corrected chi connectivity index (χ2v) is 4.25. The molecule has 0 saturated carbocycles.